The average molecular weight is 353 g/mol. The quantitative estimate of drug-likeness (QED) is 0.734. The van der Waals surface area contributed by atoms with Crippen molar-refractivity contribution in [2.24, 2.45) is 0 Å². The van der Waals surface area contributed by atoms with Crippen molar-refractivity contribution in [1.82, 2.24) is 5.32 Å². The molecule has 1 aliphatic heterocycles. The number of hydrogen-bond acceptors (Lipinski definition) is 3. The predicted octanol–water partition coefficient (Wildman–Crippen LogP) is 4.81. The van der Waals surface area contributed by atoms with Crippen molar-refractivity contribution in [3.8, 4) is 16.2 Å². The van der Waals surface area contributed by atoms with E-state index in [0.717, 1.165) is 28.2 Å². The van der Waals surface area contributed by atoms with Gasteiger partial charge in [-0.15, -0.1) is 11.3 Å². The minimum Gasteiger partial charge on any atom is -0.493 e. The Hall–Kier alpha value is -2.66. The van der Waals surface area contributed by atoms with Crippen LogP contribution in [0.15, 0.2) is 60.7 Å². The fraction of sp³-hybridized carbons (Fsp3) is 0.150. The van der Waals surface area contributed by atoms with Crippen molar-refractivity contribution < 1.29 is 13.9 Å². The molecule has 126 valence electrons. The zero-order valence-corrected chi connectivity index (χ0v) is 14.2. The Kier molecular flexibility index (Phi) is 4.24. The molecular weight excluding hydrogens is 337 g/mol. The van der Waals surface area contributed by atoms with Gasteiger partial charge in [0.1, 0.15) is 11.6 Å². The highest BCUT2D eigenvalue weighted by Crippen LogP contribution is 2.33. The van der Waals surface area contributed by atoms with Gasteiger partial charge in [0.25, 0.3) is 5.91 Å². The number of halogens is 1. The SMILES string of the molecule is O=C(N[C@@H]1CCOc2ccccc21)c1ccc(-c2ccc(F)cc2)s1. The highest BCUT2D eigenvalue weighted by Gasteiger charge is 2.23. The van der Waals surface area contributed by atoms with Crippen molar-refractivity contribution in [2.75, 3.05) is 6.61 Å². The Bertz CT molecular complexity index is 904. The van der Waals surface area contributed by atoms with E-state index in [1.165, 1.54) is 23.5 Å². The molecule has 2 heterocycles. The topological polar surface area (TPSA) is 38.3 Å². The summed E-state index contributed by atoms with van der Waals surface area (Å²) in [7, 11) is 0. The third-order valence-corrected chi connectivity index (χ3v) is 5.36. The number of amides is 1. The minimum absolute atomic E-state index is 0.0474. The molecule has 1 aliphatic rings. The van der Waals surface area contributed by atoms with Crippen LogP contribution in [0.2, 0.25) is 0 Å². The van der Waals surface area contributed by atoms with Gasteiger partial charge in [-0.2, -0.15) is 0 Å². The molecule has 1 N–H and O–H groups in total. The second kappa shape index (κ2) is 6.69. The molecule has 1 amide bonds. The maximum atomic E-state index is 13.0. The molecule has 0 saturated heterocycles. The van der Waals surface area contributed by atoms with E-state index >= 15 is 0 Å². The van der Waals surface area contributed by atoms with Crippen LogP contribution in [0, 0.1) is 5.82 Å². The smallest absolute Gasteiger partial charge is 0.261 e. The molecule has 3 aromatic rings. The van der Waals surface area contributed by atoms with Gasteiger partial charge in [0, 0.05) is 16.9 Å². The maximum absolute atomic E-state index is 13.0. The summed E-state index contributed by atoms with van der Waals surface area (Å²) in [6, 6.07) is 17.7. The first-order valence-electron chi connectivity index (χ1n) is 8.09. The molecule has 5 heteroatoms. The Morgan fingerprint density at radius 3 is 2.72 bits per heavy atom. The summed E-state index contributed by atoms with van der Waals surface area (Å²) in [5, 5.41) is 3.10. The monoisotopic (exact) mass is 353 g/mol. The minimum atomic E-state index is -0.267. The second-order valence-electron chi connectivity index (χ2n) is 5.87. The van der Waals surface area contributed by atoms with Crippen LogP contribution in [0.5, 0.6) is 5.75 Å². The van der Waals surface area contributed by atoms with Crippen LogP contribution in [-0.4, -0.2) is 12.5 Å². The third-order valence-electron chi connectivity index (χ3n) is 4.22. The van der Waals surface area contributed by atoms with Crippen molar-refractivity contribution in [3.63, 3.8) is 0 Å². The summed E-state index contributed by atoms with van der Waals surface area (Å²) in [4.78, 5) is 14.2. The summed E-state index contributed by atoms with van der Waals surface area (Å²) in [6.07, 6.45) is 0.749. The lowest BCUT2D eigenvalue weighted by Crippen LogP contribution is -2.31. The Morgan fingerprint density at radius 2 is 1.88 bits per heavy atom. The lowest BCUT2D eigenvalue weighted by atomic mass is 10.0. The number of benzene rings is 2. The number of nitrogens with one attached hydrogen (secondary N) is 1. The average Bonchev–Trinajstić information content (AvgIpc) is 3.13. The molecule has 25 heavy (non-hydrogen) atoms. The van der Waals surface area contributed by atoms with Crippen LogP contribution in [0.4, 0.5) is 4.39 Å². The molecule has 0 radical (unpaired) electrons. The Morgan fingerprint density at radius 1 is 1.08 bits per heavy atom. The highest BCUT2D eigenvalue weighted by atomic mass is 32.1. The number of para-hydroxylation sites is 1. The van der Waals surface area contributed by atoms with Crippen molar-refractivity contribution >= 4 is 17.2 Å². The van der Waals surface area contributed by atoms with Crippen LogP contribution < -0.4 is 10.1 Å². The maximum Gasteiger partial charge on any atom is 0.261 e. The molecule has 3 nitrogen and oxygen atoms in total. The predicted molar refractivity (Wildman–Crippen MR) is 96.5 cm³/mol. The van der Waals surface area contributed by atoms with Gasteiger partial charge in [-0.05, 0) is 35.9 Å². The van der Waals surface area contributed by atoms with Gasteiger partial charge in [-0.1, -0.05) is 30.3 Å². The molecule has 0 unspecified atom stereocenters. The molecule has 0 fully saturated rings. The third kappa shape index (κ3) is 3.28. The normalized spacial score (nSPS) is 16.0. The summed E-state index contributed by atoms with van der Waals surface area (Å²) in [6.45, 7) is 0.591. The van der Waals surface area contributed by atoms with Gasteiger partial charge in [-0.25, -0.2) is 4.39 Å². The number of carbonyl (C=O) groups is 1. The van der Waals surface area contributed by atoms with Gasteiger partial charge >= 0.3 is 0 Å². The summed E-state index contributed by atoms with van der Waals surface area (Å²) in [5.41, 5.74) is 1.92. The second-order valence-corrected chi connectivity index (χ2v) is 6.96. The van der Waals surface area contributed by atoms with E-state index in [1.807, 2.05) is 36.4 Å². The van der Waals surface area contributed by atoms with E-state index in [0.29, 0.717) is 11.5 Å². The molecule has 0 saturated carbocycles. The molecule has 4 rings (SSSR count). The van der Waals surface area contributed by atoms with E-state index in [2.05, 4.69) is 5.32 Å². The van der Waals surface area contributed by atoms with Gasteiger partial charge in [0.15, 0.2) is 0 Å². The Labute approximate surface area is 149 Å². The van der Waals surface area contributed by atoms with Crippen LogP contribution in [-0.2, 0) is 0 Å². The lowest BCUT2D eigenvalue weighted by molar-refractivity contribution is 0.0929. The number of fused-ring (bicyclic) bond motifs is 1. The molecular formula is C20H16FNO2S. The number of rotatable bonds is 3. The number of thiophene rings is 1. The van der Waals surface area contributed by atoms with E-state index in [-0.39, 0.29) is 17.8 Å². The zero-order valence-electron chi connectivity index (χ0n) is 13.4. The van der Waals surface area contributed by atoms with Gasteiger partial charge < -0.3 is 10.1 Å². The Balaban J connectivity index is 1.52. The van der Waals surface area contributed by atoms with Crippen LogP contribution >= 0.6 is 11.3 Å². The summed E-state index contributed by atoms with van der Waals surface area (Å²) < 4.78 is 18.7. The van der Waals surface area contributed by atoms with Crippen molar-refractivity contribution in [1.29, 1.82) is 0 Å². The number of hydrogen-bond donors (Lipinski definition) is 1. The van der Waals surface area contributed by atoms with Crippen molar-refractivity contribution in [2.45, 2.75) is 12.5 Å². The molecule has 1 aromatic heterocycles. The van der Waals surface area contributed by atoms with Crippen LogP contribution in [0.25, 0.3) is 10.4 Å². The van der Waals surface area contributed by atoms with E-state index < -0.39 is 0 Å². The zero-order chi connectivity index (χ0) is 17.2. The number of carbonyl (C=O) groups excluding carboxylic acids is 1. The molecule has 1 atom stereocenters. The largest absolute Gasteiger partial charge is 0.493 e. The van der Waals surface area contributed by atoms with Gasteiger partial charge in [0.05, 0.1) is 17.5 Å². The number of ether oxygens (including phenoxy) is 1. The van der Waals surface area contributed by atoms with Gasteiger partial charge in [-0.3, -0.25) is 4.79 Å². The fourth-order valence-corrected chi connectivity index (χ4v) is 3.87. The first-order valence-corrected chi connectivity index (χ1v) is 8.91. The fourth-order valence-electron chi connectivity index (χ4n) is 2.95. The first-order chi connectivity index (χ1) is 12.2. The highest BCUT2D eigenvalue weighted by molar-refractivity contribution is 7.17. The van der Waals surface area contributed by atoms with E-state index in [9.17, 15) is 9.18 Å². The lowest BCUT2D eigenvalue weighted by Gasteiger charge is -2.26. The van der Waals surface area contributed by atoms with Crippen LogP contribution in [0.3, 0.4) is 0 Å². The molecule has 0 aliphatic carbocycles. The van der Waals surface area contributed by atoms with E-state index in [1.54, 1.807) is 12.1 Å². The summed E-state index contributed by atoms with van der Waals surface area (Å²) in [5.74, 6) is 0.466. The standard InChI is InChI=1S/C20H16FNO2S/c21-14-7-5-13(6-8-14)18-9-10-19(25-18)20(23)22-16-11-12-24-17-4-2-1-3-15(16)17/h1-10,16H,11-12H2,(H,22,23)/t16-/m1/s1. The van der Waals surface area contributed by atoms with Crippen molar-refractivity contribution in [3.05, 3.63) is 76.9 Å². The summed E-state index contributed by atoms with van der Waals surface area (Å²) >= 11 is 1.40. The van der Waals surface area contributed by atoms with Gasteiger partial charge in [0.2, 0.25) is 0 Å². The molecule has 0 bridgehead atoms. The van der Waals surface area contributed by atoms with Crippen LogP contribution in [0.1, 0.15) is 27.7 Å². The molecule has 0 spiro atoms. The first kappa shape index (κ1) is 15.8. The molecule has 2 aromatic carbocycles. The van der Waals surface area contributed by atoms with E-state index in [4.69, 9.17) is 4.74 Å².